The third-order valence-electron chi connectivity index (χ3n) is 22.7. The average molecular weight is 1720 g/mol. The summed E-state index contributed by atoms with van der Waals surface area (Å²) in [5.41, 5.74) is 0. The summed E-state index contributed by atoms with van der Waals surface area (Å²) >= 11 is 26.0. The van der Waals surface area contributed by atoms with Crippen LogP contribution >= 0.6 is 159 Å². The van der Waals surface area contributed by atoms with Crippen LogP contribution < -0.4 is 0 Å². The number of hydrogen-bond acceptors (Lipinski definition) is 24. The van der Waals surface area contributed by atoms with Crippen molar-refractivity contribution < 1.29 is 53.1 Å². The van der Waals surface area contributed by atoms with Crippen molar-refractivity contribution in [1.82, 2.24) is 0 Å². The van der Waals surface area contributed by atoms with Crippen LogP contribution in [0.25, 0.3) is 0 Å². The zero-order valence-corrected chi connectivity index (χ0v) is 77.8. The first-order valence-electron chi connectivity index (χ1n) is 37.6. The molecule has 9 rings (SSSR count). The molecule has 0 amide bonds. The molecule has 9 saturated carbocycles. The molecule has 0 saturated heterocycles. The summed E-state index contributed by atoms with van der Waals surface area (Å²) in [5, 5.41) is 0.936. The molecule has 0 heterocycles. The Morgan fingerprint density at radius 1 is 0.271 bits per heavy atom. The second-order valence-corrected chi connectivity index (χ2v) is 82.8. The maximum Gasteiger partial charge on any atom is 0.583 e. The summed E-state index contributed by atoms with van der Waals surface area (Å²) in [6.07, 6.45) is 30.3. The highest BCUT2D eigenvalue weighted by Gasteiger charge is 2.87. The highest BCUT2D eigenvalue weighted by Crippen LogP contribution is 3.13. The van der Waals surface area contributed by atoms with E-state index in [4.69, 9.17) is 99.8 Å². The fourth-order valence-electron chi connectivity index (χ4n) is 19.7. The lowest BCUT2D eigenvalue weighted by Crippen LogP contribution is -2.67. The van der Waals surface area contributed by atoms with Gasteiger partial charge in [0.2, 0.25) is 0 Å². The molecule has 0 N–H and O–H groups in total. The molecule has 8 bridgehead atoms. The average Bonchev–Trinajstić information content (AvgIpc) is 0.902. The molecule has 9 fully saturated rings. The van der Waals surface area contributed by atoms with Crippen molar-refractivity contribution in [1.29, 1.82) is 0 Å². The van der Waals surface area contributed by atoms with Crippen molar-refractivity contribution in [3.05, 3.63) is 0 Å². The largest absolute Gasteiger partial charge is 0.583 e. The predicted molar refractivity (Wildman–Crippen MR) is 458 cm³/mol. The van der Waals surface area contributed by atoms with Crippen molar-refractivity contribution in [2.75, 3.05) is 79.3 Å². The second-order valence-electron chi connectivity index (χ2n) is 27.7. The zero-order chi connectivity index (χ0) is 68.9. The van der Waals surface area contributed by atoms with Gasteiger partial charge in [-0.15, -0.1) is 79.0 Å². The zero-order valence-electron chi connectivity index (χ0n) is 60.4. The van der Waals surface area contributed by atoms with Crippen LogP contribution in [0.1, 0.15) is 250 Å². The summed E-state index contributed by atoms with van der Waals surface area (Å²) < 4.78 is 91.4. The fourth-order valence-corrected chi connectivity index (χ4v) is 151. The van der Waals surface area contributed by atoms with Gasteiger partial charge in [-0.2, -0.15) is 0 Å². The van der Waals surface area contributed by atoms with Gasteiger partial charge in [-0.3, -0.25) is 0 Å². The first kappa shape index (κ1) is 86.0. The Balaban J connectivity index is 1.72. The SMILES string of the molecule is CCO[Si](OCC)(OCC)SS(SS)(C1CC2CCC1C2)C1(S(SS)(S[Si](OCC)(OCC)OCC)C2CC3CCC2C3)CCCCCCCCCCC1(S(SS)(S[Si](OCC)(OCC)OCC)C1CC2CCC1C2)S(SS)(S[Si](OCC)(OCC)OCC)C1CC2CCC1C2. The van der Waals surface area contributed by atoms with Crippen molar-refractivity contribution in [3.63, 3.8) is 0 Å². The highest BCUT2D eigenvalue weighted by atomic mass is 33.8. The van der Waals surface area contributed by atoms with Gasteiger partial charge >= 0.3 is 31.8 Å². The van der Waals surface area contributed by atoms with E-state index in [0.29, 0.717) is 127 Å². The predicted octanol–water partition coefficient (Wildman–Crippen LogP) is 24.0. The van der Waals surface area contributed by atoms with Crippen molar-refractivity contribution >= 4 is 191 Å². The standard InChI is InChI=1S/C64H128O12S16Si4/c1-13-65-93(66-14-2,67-15-3)85-89(81-77,59-47-51-33-37-55(59)43-51)63(90(82-78,60-48-52-34-38-56(60)44-52)86-94(68-16-4,69-17-5)70-18-6)41-31-29-27-25-26-28-30-32-42-64(63,91(83-79,61-49-53-35-39-57(61)45-53)87-95(71-19-7,72-20-8)73-21-9)92(84-80,62-50-54-36-40-58(62)46-54)88-96(74-22-10,75-23-11)76-24-12/h51-62,77-80H,13-50H2,1-12H3. The van der Waals surface area contributed by atoms with Gasteiger partial charge < -0.3 is 53.1 Å². The van der Waals surface area contributed by atoms with Gasteiger partial charge in [0.25, 0.3) is 0 Å². The first-order valence-corrected chi connectivity index (χ1v) is 69.1. The molecule has 0 aromatic carbocycles. The maximum absolute atomic E-state index is 7.74. The first-order chi connectivity index (χ1) is 46.5. The van der Waals surface area contributed by atoms with Crippen molar-refractivity contribution in [3.8, 4) is 0 Å². The Bertz CT molecular complexity index is 2000. The van der Waals surface area contributed by atoms with E-state index in [0.717, 1.165) is 64.2 Å². The third-order valence-corrected chi connectivity index (χ3v) is 114. The van der Waals surface area contributed by atoms with E-state index in [1.165, 1.54) is 103 Å². The van der Waals surface area contributed by atoms with Crippen LogP contribution in [-0.2, 0) is 53.1 Å². The smallest absolute Gasteiger partial charge is 0.365 e. The Hall–Kier alpha value is 5.99. The second kappa shape index (κ2) is 39.4. The van der Waals surface area contributed by atoms with Gasteiger partial charge in [-0.1, -0.05) is 77.0 Å². The Morgan fingerprint density at radius 2 is 0.448 bits per heavy atom. The van der Waals surface area contributed by atoms with Crippen molar-refractivity contribution in [2.24, 2.45) is 47.3 Å². The number of fused-ring (bicyclic) bond motifs is 8. The summed E-state index contributed by atoms with van der Waals surface area (Å²) in [6.45, 7) is 31.9. The number of thiol groups is 4. The van der Waals surface area contributed by atoms with Crippen LogP contribution in [0.5, 0.6) is 0 Å². The van der Waals surface area contributed by atoms with E-state index < -0.39 is 72.3 Å². The van der Waals surface area contributed by atoms with Crippen LogP contribution in [0, 0.1) is 47.3 Å². The molecule has 32 heteroatoms. The van der Waals surface area contributed by atoms with Crippen LogP contribution in [0.4, 0.5) is 0 Å². The lowest BCUT2D eigenvalue weighted by Gasteiger charge is -2.82. The highest BCUT2D eigenvalue weighted by molar-refractivity contribution is 9.49. The molecule has 568 valence electrons. The lowest BCUT2D eigenvalue weighted by molar-refractivity contribution is 0.0962. The normalized spacial score (nSPS) is 35.8. The van der Waals surface area contributed by atoms with Crippen molar-refractivity contribution in [2.45, 2.75) is 279 Å². The molecule has 0 aliphatic heterocycles. The van der Waals surface area contributed by atoms with Gasteiger partial charge in [-0.25, -0.2) is 0 Å². The van der Waals surface area contributed by atoms with Crippen LogP contribution in [0.3, 0.4) is 0 Å². The molecule has 16 atom stereocenters. The van der Waals surface area contributed by atoms with Gasteiger partial charge in [0, 0.05) is 100 Å². The Kier molecular flexibility index (Phi) is 35.3. The quantitative estimate of drug-likeness (QED) is 0.0264. The summed E-state index contributed by atoms with van der Waals surface area (Å²) in [4.78, 5) is 0. The summed E-state index contributed by atoms with van der Waals surface area (Å²) in [7, 11) is -9.25. The van der Waals surface area contributed by atoms with E-state index in [2.05, 4.69) is 124 Å². The number of rotatable bonds is 44. The minimum absolute atomic E-state index is 0.234. The monoisotopic (exact) mass is 1710 g/mol. The molecule has 9 aliphatic carbocycles. The van der Waals surface area contributed by atoms with E-state index in [1.807, 2.05) is 39.3 Å². The molecular weight excluding hydrogens is 1590 g/mol. The third kappa shape index (κ3) is 16.7. The topological polar surface area (TPSA) is 111 Å². The minimum atomic E-state index is -3.87. The van der Waals surface area contributed by atoms with Crippen LogP contribution in [0.2, 0.25) is 0 Å². The van der Waals surface area contributed by atoms with E-state index in [1.54, 1.807) is 0 Å². The van der Waals surface area contributed by atoms with Crippen LogP contribution in [0.15, 0.2) is 0 Å². The Labute approximate surface area is 642 Å². The van der Waals surface area contributed by atoms with Gasteiger partial charge in [-0.05, 0) is 301 Å². The summed E-state index contributed by atoms with van der Waals surface area (Å²) in [5.74, 6) is 4.16. The molecule has 16 unspecified atom stereocenters. The molecule has 12 nitrogen and oxygen atoms in total. The molecule has 0 aromatic heterocycles. The lowest BCUT2D eigenvalue weighted by atomic mass is 9.99. The molecule has 9 aliphatic rings. The van der Waals surface area contributed by atoms with E-state index >= 15 is 0 Å². The Morgan fingerprint density at radius 3 is 0.583 bits per heavy atom. The maximum atomic E-state index is 7.74. The van der Waals surface area contributed by atoms with E-state index in [9.17, 15) is 0 Å². The van der Waals surface area contributed by atoms with Gasteiger partial charge in [0.1, 0.15) is 0 Å². The van der Waals surface area contributed by atoms with Gasteiger partial charge in [0.15, 0.2) is 0 Å². The molecule has 0 aromatic rings. The fraction of sp³-hybridized carbons (Fsp3) is 1.00. The number of hydrogen-bond donors (Lipinski definition) is 4. The summed E-state index contributed by atoms with van der Waals surface area (Å²) in [6, 6.07) is 0. The molecule has 0 spiro atoms. The molecule has 0 radical (unpaired) electrons. The molecular formula is C64H128O12S16Si4. The van der Waals surface area contributed by atoms with Gasteiger partial charge in [0.05, 0.1) is 8.16 Å². The molecule has 96 heavy (non-hydrogen) atoms. The minimum Gasteiger partial charge on any atom is -0.365 e. The van der Waals surface area contributed by atoms with E-state index in [-0.39, 0.29) is 21.0 Å². The van der Waals surface area contributed by atoms with Crippen LogP contribution in [-0.4, -0.2) is 140 Å².